The summed E-state index contributed by atoms with van der Waals surface area (Å²) in [5, 5.41) is 10.3. The fourth-order valence-electron chi connectivity index (χ4n) is 6.47. The number of hydrogen-bond acceptors (Lipinski definition) is 4. The van der Waals surface area contributed by atoms with Crippen LogP contribution in [0.3, 0.4) is 0 Å². The molecule has 1 saturated carbocycles. The Morgan fingerprint density at radius 3 is 2.54 bits per heavy atom. The van der Waals surface area contributed by atoms with Crippen molar-refractivity contribution in [2.45, 2.75) is 64.8 Å². The molecule has 0 saturated heterocycles. The number of aromatic nitrogens is 2. The molecule has 4 aromatic rings. The van der Waals surface area contributed by atoms with Gasteiger partial charge >= 0.3 is 5.97 Å². The van der Waals surface area contributed by atoms with E-state index in [1.54, 1.807) is 0 Å². The Morgan fingerprint density at radius 2 is 1.79 bits per heavy atom. The van der Waals surface area contributed by atoms with Crippen molar-refractivity contribution < 1.29 is 9.90 Å². The number of aryl methyl sites for hydroxylation is 1. The van der Waals surface area contributed by atoms with E-state index >= 15 is 0 Å². The van der Waals surface area contributed by atoms with Crippen molar-refractivity contribution in [2.75, 3.05) is 13.1 Å². The number of rotatable bonds is 7. The van der Waals surface area contributed by atoms with E-state index < -0.39 is 5.97 Å². The van der Waals surface area contributed by atoms with Gasteiger partial charge in [0.05, 0.1) is 28.8 Å². The molecule has 6 heteroatoms. The number of aromatic carboxylic acids is 1. The van der Waals surface area contributed by atoms with Gasteiger partial charge < -0.3 is 10.0 Å². The monoisotopic (exact) mass is 520 g/mol. The molecule has 1 fully saturated rings. The SMILES string of the molecule is CCCc1nc2ccc(C3=NCCN3C3CCCCC3)cc2n1-c1ccc(-c2ccccc2)c(C(=O)O)c1C. The van der Waals surface area contributed by atoms with Crippen LogP contribution in [0.15, 0.2) is 65.7 Å². The summed E-state index contributed by atoms with van der Waals surface area (Å²) in [5.41, 5.74) is 6.62. The van der Waals surface area contributed by atoms with Crippen LogP contribution in [0.1, 0.15) is 72.8 Å². The van der Waals surface area contributed by atoms with Gasteiger partial charge in [-0.1, -0.05) is 62.6 Å². The average Bonchev–Trinajstić information content (AvgIpc) is 3.58. The molecule has 0 bridgehead atoms. The third-order valence-corrected chi connectivity index (χ3v) is 8.32. The first-order chi connectivity index (χ1) is 19.1. The standard InChI is InChI=1S/C33H36N4O2/c1-3-10-30-35-27-17-15-24(32-34-19-20-36(32)25-13-8-5-9-14-25)21-29(27)37(30)28-18-16-26(23-11-6-4-7-12-23)31(22(28)2)33(38)39/h4,6-7,11-12,15-18,21,25H,3,5,8-10,13-14,19-20H2,1-2H3,(H,38,39). The zero-order valence-corrected chi connectivity index (χ0v) is 22.9. The first-order valence-corrected chi connectivity index (χ1v) is 14.3. The Bertz CT molecular complexity index is 1550. The summed E-state index contributed by atoms with van der Waals surface area (Å²) in [6.45, 7) is 5.90. The molecular weight excluding hydrogens is 484 g/mol. The second-order valence-electron chi connectivity index (χ2n) is 10.8. The van der Waals surface area contributed by atoms with Crippen LogP contribution in [-0.4, -0.2) is 50.5 Å². The highest BCUT2D eigenvalue weighted by Gasteiger charge is 2.28. The molecule has 0 unspecified atom stereocenters. The molecule has 1 aliphatic heterocycles. The van der Waals surface area contributed by atoms with Gasteiger partial charge in [-0.25, -0.2) is 9.78 Å². The van der Waals surface area contributed by atoms with Crippen LogP contribution in [0.4, 0.5) is 0 Å². The zero-order valence-electron chi connectivity index (χ0n) is 22.9. The molecule has 2 aliphatic rings. The minimum atomic E-state index is -0.918. The van der Waals surface area contributed by atoms with Gasteiger partial charge in [0.2, 0.25) is 0 Å². The van der Waals surface area contributed by atoms with Crippen molar-refractivity contribution in [2.24, 2.45) is 4.99 Å². The number of nitrogens with zero attached hydrogens (tertiary/aromatic N) is 4. The number of amidine groups is 1. The van der Waals surface area contributed by atoms with Crippen molar-refractivity contribution in [1.29, 1.82) is 0 Å². The molecule has 0 radical (unpaired) electrons. The van der Waals surface area contributed by atoms with E-state index in [1.165, 1.54) is 32.1 Å². The topological polar surface area (TPSA) is 70.7 Å². The second-order valence-corrected chi connectivity index (χ2v) is 10.8. The molecule has 1 aromatic heterocycles. The lowest BCUT2D eigenvalue weighted by atomic mass is 9.93. The Labute approximate surface area is 230 Å². The number of imidazole rings is 1. The van der Waals surface area contributed by atoms with Crippen molar-refractivity contribution >= 4 is 22.8 Å². The number of carbonyl (C=O) groups is 1. The Morgan fingerprint density at radius 1 is 1.00 bits per heavy atom. The zero-order chi connectivity index (χ0) is 26.9. The van der Waals surface area contributed by atoms with E-state index in [2.05, 4.69) is 40.7 Å². The summed E-state index contributed by atoms with van der Waals surface area (Å²) in [4.78, 5) is 25.1. The minimum absolute atomic E-state index is 0.336. The highest BCUT2D eigenvalue weighted by atomic mass is 16.4. The summed E-state index contributed by atoms with van der Waals surface area (Å²) in [6, 6.07) is 20.8. The molecule has 6 nitrogen and oxygen atoms in total. The molecule has 1 N–H and O–H groups in total. The largest absolute Gasteiger partial charge is 0.478 e. The molecule has 39 heavy (non-hydrogen) atoms. The molecular formula is C33H36N4O2. The summed E-state index contributed by atoms with van der Waals surface area (Å²) in [7, 11) is 0. The first-order valence-electron chi connectivity index (χ1n) is 14.3. The third-order valence-electron chi connectivity index (χ3n) is 8.32. The van der Waals surface area contributed by atoms with E-state index in [4.69, 9.17) is 9.98 Å². The lowest BCUT2D eigenvalue weighted by Crippen LogP contribution is -2.39. The van der Waals surface area contributed by atoms with Crippen molar-refractivity contribution in [3.8, 4) is 16.8 Å². The van der Waals surface area contributed by atoms with Gasteiger partial charge in [-0.15, -0.1) is 0 Å². The summed E-state index contributed by atoms with van der Waals surface area (Å²) in [6.07, 6.45) is 8.17. The first kappa shape index (κ1) is 25.4. The van der Waals surface area contributed by atoms with Gasteiger partial charge in [-0.05, 0) is 67.1 Å². The fraction of sp³-hybridized carbons (Fsp3) is 0.364. The van der Waals surface area contributed by atoms with E-state index in [9.17, 15) is 9.90 Å². The van der Waals surface area contributed by atoms with Gasteiger partial charge in [-0.3, -0.25) is 9.56 Å². The predicted molar refractivity (Wildman–Crippen MR) is 157 cm³/mol. The normalized spacial score (nSPS) is 16.2. The van der Waals surface area contributed by atoms with E-state index in [-0.39, 0.29) is 0 Å². The number of benzene rings is 3. The molecule has 2 heterocycles. The smallest absolute Gasteiger partial charge is 0.336 e. The predicted octanol–water partition coefficient (Wildman–Crippen LogP) is 7.05. The van der Waals surface area contributed by atoms with Gasteiger partial charge in [0.25, 0.3) is 0 Å². The number of carboxylic acids is 1. The van der Waals surface area contributed by atoms with Crippen molar-refractivity contribution in [3.63, 3.8) is 0 Å². The quantitative estimate of drug-likeness (QED) is 0.284. The Kier molecular flexibility index (Phi) is 6.94. The number of aliphatic imine (C=N–C) groups is 1. The molecule has 0 amide bonds. The lowest BCUT2D eigenvalue weighted by Gasteiger charge is -2.33. The highest BCUT2D eigenvalue weighted by Crippen LogP contribution is 2.34. The maximum Gasteiger partial charge on any atom is 0.336 e. The third kappa shape index (κ3) is 4.62. The van der Waals surface area contributed by atoms with Crippen molar-refractivity contribution in [3.05, 3.63) is 83.2 Å². The molecule has 200 valence electrons. The van der Waals surface area contributed by atoms with Crippen LogP contribution >= 0.6 is 0 Å². The van der Waals surface area contributed by atoms with Crippen LogP contribution in [0.2, 0.25) is 0 Å². The van der Waals surface area contributed by atoms with Crippen LogP contribution < -0.4 is 0 Å². The fourth-order valence-corrected chi connectivity index (χ4v) is 6.47. The molecule has 1 aliphatic carbocycles. The Hall–Kier alpha value is -3.93. The summed E-state index contributed by atoms with van der Waals surface area (Å²) in [5.74, 6) is 1.13. The van der Waals surface area contributed by atoms with Gasteiger partial charge in [0.1, 0.15) is 11.7 Å². The number of fused-ring (bicyclic) bond motifs is 1. The minimum Gasteiger partial charge on any atom is -0.478 e. The van der Waals surface area contributed by atoms with Crippen LogP contribution in [0.5, 0.6) is 0 Å². The summed E-state index contributed by atoms with van der Waals surface area (Å²) >= 11 is 0. The highest BCUT2D eigenvalue weighted by molar-refractivity contribution is 6.03. The average molecular weight is 521 g/mol. The van der Waals surface area contributed by atoms with Gasteiger partial charge in [-0.2, -0.15) is 0 Å². The maximum absolute atomic E-state index is 12.6. The lowest BCUT2D eigenvalue weighted by molar-refractivity contribution is 0.0697. The van der Waals surface area contributed by atoms with Crippen LogP contribution in [-0.2, 0) is 6.42 Å². The maximum atomic E-state index is 12.6. The van der Waals surface area contributed by atoms with Gasteiger partial charge in [0.15, 0.2) is 0 Å². The van der Waals surface area contributed by atoms with E-state index in [0.29, 0.717) is 11.6 Å². The summed E-state index contributed by atoms with van der Waals surface area (Å²) < 4.78 is 2.18. The number of hydrogen-bond donors (Lipinski definition) is 1. The second kappa shape index (κ2) is 10.7. The van der Waals surface area contributed by atoms with Crippen molar-refractivity contribution in [1.82, 2.24) is 14.5 Å². The molecule has 0 spiro atoms. The Balaban J connectivity index is 1.49. The number of carboxylic acid groups (broad SMARTS) is 1. The molecule has 6 rings (SSSR count). The molecule has 0 atom stereocenters. The van der Waals surface area contributed by atoms with Crippen LogP contribution in [0.25, 0.3) is 27.8 Å². The molecule has 3 aromatic carbocycles. The van der Waals surface area contributed by atoms with E-state index in [1.807, 2.05) is 43.3 Å². The van der Waals surface area contributed by atoms with Gasteiger partial charge in [0, 0.05) is 24.6 Å². The van der Waals surface area contributed by atoms with E-state index in [0.717, 1.165) is 76.6 Å². The van der Waals surface area contributed by atoms with Crippen LogP contribution in [0, 0.1) is 6.92 Å².